The fourth-order valence-corrected chi connectivity index (χ4v) is 2.96. The summed E-state index contributed by atoms with van der Waals surface area (Å²) in [6.07, 6.45) is 1.66. The first-order valence-corrected chi connectivity index (χ1v) is 8.10. The van der Waals surface area contributed by atoms with E-state index in [1.54, 1.807) is 11.1 Å². The molecule has 0 aliphatic carbocycles. The normalized spacial score (nSPS) is 16.3. The van der Waals surface area contributed by atoms with Crippen LogP contribution in [0, 0.1) is 0 Å². The molecule has 1 fully saturated rings. The smallest absolute Gasteiger partial charge is 0.295 e. The lowest BCUT2D eigenvalue weighted by Crippen LogP contribution is -2.49. The second kappa shape index (κ2) is 6.16. The van der Waals surface area contributed by atoms with E-state index in [2.05, 4.69) is 29.8 Å². The summed E-state index contributed by atoms with van der Waals surface area (Å²) in [6.45, 7) is 7.11. The number of aromatic amines is 1. The van der Waals surface area contributed by atoms with E-state index < -0.39 is 11.7 Å². The minimum Gasteiger partial charge on any atom is -0.360 e. The zero-order chi connectivity index (χ0) is 16.6. The Morgan fingerprint density at radius 3 is 2.48 bits per heavy atom. The molecular weight excluding hydrogens is 290 g/mol. The van der Waals surface area contributed by atoms with Crippen molar-refractivity contribution < 1.29 is 9.59 Å². The number of nitrogens with one attached hydrogen (secondary N) is 1. The van der Waals surface area contributed by atoms with Gasteiger partial charge in [0.2, 0.25) is 0 Å². The predicted molar refractivity (Wildman–Crippen MR) is 90.8 cm³/mol. The molecule has 1 saturated heterocycles. The first-order valence-electron chi connectivity index (χ1n) is 8.10. The van der Waals surface area contributed by atoms with E-state index in [0.29, 0.717) is 24.6 Å². The number of H-pyrrole nitrogens is 1. The van der Waals surface area contributed by atoms with Crippen LogP contribution in [0.5, 0.6) is 0 Å². The molecule has 0 saturated carbocycles. The molecular formula is C18H23N3O2. The van der Waals surface area contributed by atoms with Gasteiger partial charge >= 0.3 is 0 Å². The van der Waals surface area contributed by atoms with Crippen molar-refractivity contribution in [2.75, 3.05) is 33.2 Å². The number of ketones is 1. The Bertz CT molecular complexity index is 740. The number of nitrogens with zero attached hydrogens (tertiary/aromatic N) is 2. The largest absolute Gasteiger partial charge is 0.360 e. The van der Waals surface area contributed by atoms with Crippen molar-refractivity contribution in [3.8, 4) is 0 Å². The van der Waals surface area contributed by atoms with E-state index in [1.807, 2.05) is 19.2 Å². The van der Waals surface area contributed by atoms with Gasteiger partial charge in [-0.1, -0.05) is 26.0 Å². The molecule has 1 amide bonds. The van der Waals surface area contributed by atoms with Crippen LogP contribution in [0.4, 0.5) is 0 Å². The summed E-state index contributed by atoms with van der Waals surface area (Å²) in [5, 5.41) is 0.821. The van der Waals surface area contributed by atoms with Gasteiger partial charge in [0.1, 0.15) is 0 Å². The second-order valence-electron chi connectivity index (χ2n) is 6.59. The van der Waals surface area contributed by atoms with Crippen LogP contribution < -0.4 is 0 Å². The molecule has 1 aliphatic heterocycles. The van der Waals surface area contributed by atoms with Crippen LogP contribution in [-0.2, 0) is 4.79 Å². The molecule has 2 heterocycles. The molecule has 2 aromatic rings. The molecule has 5 nitrogen and oxygen atoms in total. The van der Waals surface area contributed by atoms with Crippen molar-refractivity contribution in [1.29, 1.82) is 0 Å². The van der Waals surface area contributed by atoms with E-state index >= 15 is 0 Å². The van der Waals surface area contributed by atoms with Crippen molar-refractivity contribution in [2.24, 2.45) is 0 Å². The van der Waals surface area contributed by atoms with E-state index in [-0.39, 0.29) is 0 Å². The zero-order valence-corrected chi connectivity index (χ0v) is 13.9. The van der Waals surface area contributed by atoms with Crippen LogP contribution in [0.1, 0.15) is 35.7 Å². The van der Waals surface area contributed by atoms with E-state index in [0.717, 1.165) is 24.0 Å². The van der Waals surface area contributed by atoms with Gasteiger partial charge in [0.25, 0.3) is 11.7 Å². The number of carbonyl (C=O) groups is 2. The summed E-state index contributed by atoms with van der Waals surface area (Å²) in [5.74, 6) is -0.390. The van der Waals surface area contributed by atoms with E-state index in [1.165, 1.54) is 5.56 Å². The van der Waals surface area contributed by atoms with Crippen LogP contribution in [0.15, 0.2) is 24.4 Å². The molecule has 3 rings (SSSR count). The number of likely N-dealkylation sites (N-methyl/N-ethyl adjacent to an activating group) is 1. The number of Topliss-reactive ketones (excluding diaryl/α,β-unsaturated/α-hetero) is 1. The van der Waals surface area contributed by atoms with Gasteiger partial charge in [-0.15, -0.1) is 0 Å². The van der Waals surface area contributed by atoms with Crippen LogP contribution in [0.2, 0.25) is 0 Å². The van der Waals surface area contributed by atoms with Gasteiger partial charge in [0.15, 0.2) is 0 Å². The lowest BCUT2D eigenvalue weighted by atomic mass is 10.0. The monoisotopic (exact) mass is 313 g/mol. The summed E-state index contributed by atoms with van der Waals surface area (Å²) in [5.41, 5.74) is 2.59. The van der Waals surface area contributed by atoms with Crippen molar-refractivity contribution in [1.82, 2.24) is 14.8 Å². The summed E-state index contributed by atoms with van der Waals surface area (Å²) in [6, 6.07) is 6.01. The second-order valence-corrected chi connectivity index (χ2v) is 6.59. The first kappa shape index (κ1) is 15.7. The topological polar surface area (TPSA) is 56.4 Å². The third-order valence-electron chi connectivity index (χ3n) is 4.60. The molecule has 0 spiro atoms. The molecule has 0 radical (unpaired) electrons. The molecule has 0 unspecified atom stereocenters. The fourth-order valence-electron chi connectivity index (χ4n) is 2.96. The highest BCUT2D eigenvalue weighted by atomic mass is 16.2. The van der Waals surface area contributed by atoms with E-state index in [9.17, 15) is 9.59 Å². The highest BCUT2D eigenvalue weighted by molar-refractivity contribution is 6.44. The Morgan fingerprint density at radius 1 is 1.13 bits per heavy atom. The Balaban J connectivity index is 1.85. The van der Waals surface area contributed by atoms with Crippen molar-refractivity contribution in [2.45, 2.75) is 19.8 Å². The Labute approximate surface area is 136 Å². The third-order valence-corrected chi connectivity index (χ3v) is 4.60. The Kier molecular flexibility index (Phi) is 4.22. The first-order chi connectivity index (χ1) is 11.0. The molecule has 1 N–H and O–H groups in total. The summed E-state index contributed by atoms with van der Waals surface area (Å²) in [4.78, 5) is 32.0. The number of amides is 1. The number of aromatic nitrogens is 1. The van der Waals surface area contributed by atoms with Crippen molar-refractivity contribution in [3.63, 3.8) is 0 Å². The molecule has 1 aromatic heterocycles. The van der Waals surface area contributed by atoms with Crippen molar-refractivity contribution >= 4 is 22.6 Å². The van der Waals surface area contributed by atoms with Gasteiger partial charge in [0.05, 0.1) is 5.56 Å². The van der Waals surface area contributed by atoms with Gasteiger partial charge in [0, 0.05) is 43.3 Å². The number of piperazine rings is 1. The van der Waals surface area contributed by atoms with Gasteiger partial charge in [-0.25, -0.2) is 0 Å². The quantitative estimate of drug-likeness (QED) is 0.698. The number of fused-ring (bicyclic) bond motifs is 1. The van der Waals surface area contributed by atoms with Gasteiger partial charge < -0.3 is 14.8 Å². The maximum atomic E-state index is 12.6. The zero-order valence-electron chi connectivity index (χ0n) is 13.9. The summed E-state index contributed by atoms with van der Waals surface area (Å²) >= 11 is 0. The fraction of sp³-hybridized carbons (Fsp3) is 0.444. The molecule has 0 atom stereocenters. The third kappa shape index (κ3) is 3.01. The molecule has 23 heavy (non-hydrogen) atoms. The average Bonchev–Trinajstić information content (AvgIpc) is 2.97. The maximum absolute atomic E-state index is 12.6. The predicted octanol–water partition coefficient (Wildman–Crippen LogP) is 2.25. The lowest BCUT2D eigenvalue weighted by Gasteiger charge is -2.31. The Hall–Kier alpha value is -2.14. The summed E-state index contributed by atoms with van der Waals surface area (Å²) in [7, 11) is 2.02. The van der Waals surface area contributed by atoms with Gasteiger partial charge in [-0.3, -0.25) is 9.59 Å². The lowest BCUT2D eigenvalue weighted by molar-refractivity contribution is -0.127. The van der Waals surface area contributed by atoms with Gasteiger partial charge in [-0.05, 0) is 24.6 Å². The standard InChI is InChI=1S/C18H23N3O2/c1-12(2)13-4-5-14-15(11-19-16(14)10-13)17(22)18(23)21-8-6-20(3)7-9-21/h4-5,10-12,19H,6-9H2,1-3H3. The Morgan fingerprint density at radius 2 is 1.83 bits per heavy atom. The minimum atomic E-state index is -0.418. The maximum Gasteiger partial charge on any atom is 0.295 e. The molecule has 122 valence electrons. The van der Waals surface area contributed by atoms with Crippen molar-refractivity contribution in [3.05, 3.63) is 35.5 Å². The highest BCUT2D eigenvalue weighted by Gasteiger charge is 2.27. The van der Waals surface area contributed by atoms with Crippen LogP contribution in [0.3, 0.4) is 0 Å². The van der Waals surface area contributed by atoms with Crippen LogP contribution in [0.25, 0.3) is 10.9 Å². The molecule has 5 heteroatoms. The van der Waals surface area contributed by atoms with Gasteiger partial charge in [-0.2, -0.15) is 0 Å². The molecule has 0 bridgehead atoms. The molecule has 1 aromatic carbocycles. The number of benzene rings is 1. The summed E-state index contributed by atoms with van der Waals surface area (Å²) < 4.78 is 0. The van der Waals surface area contributed by atoms with Crippen LogP contribution in [-0.4, -0.2) is 59.7 Å². The molecule has 1 aliphatic rings. The number of hydrogen-bond acceptors (Lipinski definition) is 3. The highest BCUT2D eigenvalue weighted by Crippen LogP contribution is 2.24. The number of rotatable bonds is 3. The van der Waals surface area contributed by atoms with E-state index in [4.69, 9.17) is 0 Å². The van der Waals surface area contributed by atoms with Crippen LogP contribution >= 0.6 is 0 Å². The number of hydrogen-bond donors (Lipinski definition) is 1. The SMILES string of the molecule is CC(C)c1ccc2c(C(=O)C(=O)N3CCN(C)CC3)c[nH]c2c1. The average molecular weight is 313 g/mol. The minimum absolute atomic E-state index is 0.396. The number of carbonyl (C=O) groups excluding carboxylic acids is 2.